The van der Waals surface area contributed by atoms with E-state index in [1.165, 1.54) is 6.07 Å². The topological polar surface area (TPSA) is 79.2 Å². The van der Waals surface area contributed by atoms with Crippen LogP contribution >= 0.6 is 15.9 Å². The number of esters is 1. The number of benzene rings is 1. The monoisotopic (exact) mass is 310 g/mol. The van der Waals surface area contributed by atoms with Gasteiger partial charge >= 0.3 is 5.97 Å². The average Bonchev–Trinajstić information content (AvgIpc) is 2.38. The molecule has 0 aromatic heterocycles. The summed E-state index contributed by atoms with van der Waals surface area (Å²) in [5.41, 5.74) is 0.781. The second kappa shape index (κ2) is 6.77. The van der Waals surface area contributed by atoms with Gasteiger partial charge < -0.3 is 10.1 Å². The number of carbonyl (C=O) groups excluding carboxylic acids is 2. The summed E-state index contributed by atoms with van der Waals surface area (Å²) in [7, 11) is 0. The number of nitrogens with one attached hydrogen (secondary N) is 1. The van der Waals surface area contributed by atoms with Gasteiger partial charge in [0.15, 0.2) is 4.83 Å². The van der Waals surface area contributed by atoms with Crippen molar-refractivity contribution in [2.24, 2.45) is 0 Å². The SMILES string of the molecule is CCOC(=O)c1cccc(NC(=O)C(Br)C#N)c1. The summed E-state index contributed by atoms with van der Waals surface area (Å²) in [6.45, 7) is 2.00. The molecule has 0 radical (unpaired) electrons. The summed E-state index contributed by atoms with van der Waals surface area (Å²) in [5, 5.41) is 11.1. The van der Waals surface area contributed by atoms with Crippen LogP contribution in [0.25, 0.3) is 0 Å². The predicted octanol–water partition coefficient (Wildman–Crippen LogP) is 2.09. The van der Waals surface area contributed by atoms with Crippen molar-refractivity contribution in [1.29, 1.82) is 5.26 Å². The number of halogens is 1. The van der Waals surface area contributed by atoms with Gasteiger partial charge in [0.25, 0.3) is 5.91 Å². The van der Waals surface area contributed by atoms with Gasteiger partial charge in [-0.05, 0) is 25.1 Å². The largest absolute Gasteiger partial charge is 0.462 e. The second-order valence-electron chi connectivity index (χ2n) is 3.28. The molecule has 18 heavy (non-hydrogen) atoms. The highest BCUT2D eigenvalue weighted by Gasteiger charge is 2.14. The number of carbonyl (C=O) groups is 2. The Balaban J connectivity index is 2.80. The van der Waals surface area contributed by atoms with Crippen LogP contribution in [-0.4, -0.2) is 23.3 Å². The van der Waals surface area contributed by atoms with Crippen LogP contribution < -0.4 is 5.32 Å². The molecule has 0 bridgehead atoms. The molecule has 0 aliphatic rings. The van der Waals surface area contributed by atoms with Gasteiger partial charge in [-0.1, -0.05) is 22.0 Å². The molecule has 0 saturated carbocycles. The van der Waals surface area contributed by atoms with E-state index in [1.807, 2.05) is 0 Å². The Morgan fingerprint density at radius 2 is 2.28 bits per heavy atom. The van der Waals surface area contributed by atoms with Crippen molar-refractivity contribution in [1.82, 2.24) is 0 Å². The molecule has 0 spiro atoms. The van der Waals surface area contributed by atoms with Crippen LogP contribution in [0.15, 0.2) is 24.3 Å². The number of nitrogens with zero attached hydrogens (tertiary/aromatic N) is 1. The van der Waals surface area contributed by atoms with E-state index in [1.54, 1.807) is 31.2 Å². The zero-order valence-corrected chi connectivity index (χ0v) is 11.2. The maximum atomic E-state index is 11.5. The van der Waals surface area contributed by atoms with Crippen LogP contribution in [0.5, 0.6) is 0 Å². The van der Waals surface area contributed by atoms with Gasteiger partial charge in [0, 0.05) is 5.69 Å². The van der Waals surface area contributed by atoms with E-state index < -0.39 is 16.7 Å². The molecule has 1 unspecified atom stereocenters. The molecule has 1 aromatic rings. The van der Waals surface area contributed by atoms with Gasteiger partial charge in [0.2, 0.25) is 0 Å². The lowest BCUT2D eigenvalue weighted by atomic mass is 10.2. The lowest BCUT2D eigenvalue weighted by Gasteiger charge is -2.07. The molecule has 1 aromatic carbocycles. The number of rotatable bonds is 4. The molecule has 0 saturated heterocycles. The smallest absolute Gasteiger partial charge is 0.338 e. The summed E-state index contributed by atoms with van der Waals surface area (Å²) >= 11 is 2.91. The van der Waals surface area contributed by atoms with Gasteiger partial charge in [-0.2, -0.15) is 5.26 Å². The minimum absolute atomic E-state index is 0.285. The standard InChI is InChI=1S/C12H11BrN2O3/c1-2-18-12(17)8-4-3-5-9(6-8)15-11(16)10(13)7-14/h3-6,10H,2H2,1H3,(H,15,16). The first-order valence-electron chi connectivity index (χ1n) is 5.20. The van der Waals surface area contributed by atoms with Crippen LogP contribution in [0.1, 0.15) is 17.3 Å². The summed E-state index contributed by atoms with van der Waals surface area (Å²) in [5.74, 6) is -0.942. The molecular weight excluding hydrogens is 300 g/mol. The van der Waals surface area contributed by atoms with E-state index in [9.17, 15) is 9.59 Å². The lowest BCUT2D eigenvalue weighted by molar-refractivity contribution is -0.114. The van der Waals surface area contributed by atoms with E-state index >= 15 is 0 Å². The number of anilines is 1. The molecular formula is C12H11BrN2O3. The highest BCUT2D eigenvalue weighted by Crippen LogP contribution is 2.13. The Hall–Kier alpha value is -1.87. The Morgan fingerprint density at radius 3 is 2.89 bits per heavy atom. The molecule has 1 rings (SSSR count). The molecule has 6 heteroatoms. The fourth-order valence-electron chi connectivity index (χ4n) is 1.20. The second-order valence-corrected chi connectivity index (χ2v) is 4.20. The van der Waals surface area contributed by atoms with Crippen molar-refractivity contribution in [2.45, 2.75) is 11.8 Å². The van der Waals surface area contributed by atoms with Crippen molar-refractivity contribution < 1.29 is 14.3 Å². The van der Waals surface area contributed by atoms with Gasteiger partial charge in [-0.25, -0.2) is 4.79 Å². The van der Waals surface area contributed by atoms with Gasteiger partial charge in [-0.3, -0.25) is 4.79 Å². The third-order valence-electron chi connectivity index (χ3n) is 1.98. The van der Waals surface area contributed by atoms with E-state index in [4.69, 9.17) is 10.00 Å². The first-order chi connectivity index (χ1) is 8.58. The fourth-order valence-corrected chi connectivity index (χ4v) is 1.32. The highest BCUT2D eigenvalue weighted by atomic mass is 79.9. The molecule has 0 fully saturated rings. The van der Waals surface area contributed by atoms with Gasteiger partial charge in [-0.15, -0.1) is 0 Å². The van der Waals surface area contributed by atoms with Gasteiger partial charge in [0.1, 0.15) is 0 Å². The number of nitriles is 1. The summed E-state index contributed by atoms with van der Waals surface area (Å²) in [6.07, 6.45) is 0. The number of hydrogen-bond donors (Lipinski definition) is 1. The number of ether oxygens (including phenoxy) is 1. The van der Waals surface area contributed by atoms with Crippen molar-refractivity contribution in [3.05, 3.63) is 29.8 Å². The van der Waals surface area contributed by atoms with Crippen LogP contribution in [-0.2, 0) is 9.53 Å². The first-order valence-corrected chi connectivity index (χ1v) is 6.11. The highest BCUT2D eigenvalue weighted by molar-refractivity contribution is 9.10. The minimum atomic E-state index is -0.927. The maximum absolute atomic E-state index is 11.5. The third-order valence-corrected chi connectivity index (χ3v) is 2.61. The quantitative estimate of drug-likeness (QED) is 0.682. The maximum Gasteiger partial charge on any atom is 0.338 e. The van der Waals surface area contributed by atoms with Crippen LogP contribution in [0, 0.1) is 11.3 Å². The van der Waals surface area contributed by atoms with Gasteiger partial charge in [0.05, 0.1) is 18.2 Å². The molecule has 1 N–H and O–H groups in total. The summed E-state index contributed by atoms with van der Waals surface area (Å²) in [6, 6.07) is 8.08. The van der Waals surface area contributed by atoms with E-state index in [-0.39, 0.29) is 6.61 Å². The summed E-state index contributed by atoms with van der Waals surface area (Å²) in [4.78, 5) is 22.0. The van der Waals surface area contributed by atoms with Crippen molar-refractivity contribution in [2.75, 3.05) is 11.9 Å². The molecule has 0 heterocycles. The Morgan fingerprint density at radius 1 is 1.56 bits per heavy atom. The Bertz CT molecular complexity index is 496. The normalized spacial score (nSPS) is 11.2. The van der Waals surface area contributed by atoms with E-state index in [0.717, 1.165) is 0 Å². The number of amides is 1. The fraction of sp³-hybridized carbons (Fsp3) is 0.250. The van der Waals surface area contributed by atoms with Crippen molar-refractivity contribution in [3.63, 3.8) is 0 Å². The zero-order valence-electron chi connectivity index (χ0n) is 9.64. The van der Waals surface area contributed by atoms with Crippen LogP contribution in [0.2, 0.25) is 0 Å². The third kappa shape index (κ3) is 3.86. The summed E-state index contributed by atoms with van der Waals surface area (Å²) < 4.78 is 4.84. The van der Waals surface area contributed by atoms with E-state index in [0.29, 0.717) is 11.3 Å². The number of hydrogen-bond acceptors (Lipinski definition) is 4. The van der Waals surface area contributed by atoms with Crippen LogP contribution in [0.3, 0.4) is 0 Å². The molecule has 0 aliphatic heterocycles. The zero-order chi connectivity index (χ0) is 13.5. The average molecular weight is 311 g/mol. The Labute approximate surface area is 113 Å². The van der Waals surface area contributed by atoms with E-state index in [2.05, 4.69) is 21.2 Å². The van der Waals surface area contributed by atoms with Crippen molar-refractivity contribution in [3.8, 4) is 6.07 Å². The molecule has 5 nitrogen and oxygen atoms in total. The Kier molecular flexibility index (Phi) is 5.33. The first kappa shape index (κ1) is 14.2. The number of alkyl halides is 1. The van der Waals surface area contributed by atoms with Crippen LogP contribution in [0.4, 0.5) is 5.69 Å². The molecule has 1 atom stereocenters. The van der Waals surface area contributed by atoms with Crippen molar-refractivity contribution >= 4 is 33.5 Å². The lowest BCUT2D eigenvalue weighted by Crippen LogP contribution is -2.21. The molecule has 1 amide bonds. The molecule has 0 aliphatic carbocycles. The predicted molar refractivity (Wildman–Crippen MR) is 69.4 cm³/mol. The minimum Gasteiger partial charge on any atom is -0.462 e. The molecule has 94 valence electrons.